The highest BCUT2D eigenvalue weighted by molar-refractivity contribution is 7.10. The van der Waals surface area contributed by atoms with Crippen LogP contribution in [0.1, 0.15) is 43.4 Å². The van der Waals surface area contributed by atoms with Gasteiger partial charge in [-0.3, -0.25) is 0 Å². The number of thiazole rings is 1. The fraction of sp³-hybridized carbons (Fsp3) is 0.476. The lowest BCUT2D eigenvalue weighted by Gasteiger charge is -2.30. The first kappa shape index (κ1) is 19.3. The van der Waals surface area contributed by atoms with Crippen molar-refractivity contribution in [2.24, 2.45) is 5.92 Å². The quantitative estimate of drug-likeness (QED) is 0.551. The van der Waals surface area contributed by atoms with Crippen LogP contribution < -0.4 is 9.64 Å². The van der Waals surface area contributed by atoms with Crippen molar-refractivity contribution in [3.63, 3.8) is 0 Å². The zero-order valence-corrected chi connectivity index (χ0v) is 18.2. The molecule has 148 valence electrons. The molecule has 0 atom stereocenters. The largest absolute Gasteiger partial charge is 0.496 e. The van der Waals surface area contributed by atoms with E-state index in [1.165, 1.54) is 16.5 Å². The summed E-state index contributed by atoms with van der Waals surface area (Å²) >= 11 is 3.31. The summed E-state index contributed by atoms with van der Waals surface area (Å²) in [5.74, 6) is 2.98. The van der Waals surface area contributed by atoms with Gasteiger partial charge in [-0.15, -0.1) is 11.3 Å². The van der Waals surface area contributed by atoms with E-state index in [-0.39, 0.29) is 0 Å². The van der Waals surface area contributed by atoms with Crippen LogP contribution in [0.15, 0.2) is 29.6 Å². The summed E-state index contributed by atoms with van der Waals surface area (Å²) in [5.41, 5.74) is 2.08. The summed E-state index contributed by atoms with van der Waals surface area (Å²) in [4.78, 5) is 12.1. The lowest BCUT2D eigenvalue weighted by Crippen LogP contribution is -2.32. The number of piperidine rings is 1. The number of para-hydroxylation sites is 1. The van der Waals surface area contributed by atoms with Crippen molar-refractivity contribution in [3.8, 4) is 17.0 Å². The molecule has 7 heteroatoms. The molecule has 2 aromatic heterocycles. The Balaban J connectivity index is 1.40. The van der Waals surface area contributed by atoms with E-state index in [2.05, 4.69) is 34.6 Å². The molecule has 1 aliphatic rings. The minimum Gasteiger partial charge on any atom is -0.496 e. The Bertz CT molecular complexity index is 913. The minimum atomic E-state index is 0.521. The third-order valence-electron chi connectivity index (χ3n) is 5.07. The molecule has 0 aliphatic carbocycles. The fourth-order valence-corrected chi connectivity index (χ4v) is 5.33. The molecular weight excluding hydrogens is 388 g/mol. The Morgan fingerprint density at radius 2 is 1.96 bits per heavy atom. The summed E-state index contributed by atoms with van der Waals surface area (Å²) in [6.45, 7) is 6.45. The van der Waals surface area contributed by atoms with Gasteiger partial charge < -0.3 is 9.64 Å². The smallest absolute Gasteiger partial charge is 0.205 e. The maximum atomic E-state index is 5.49. The van der Waals surface area contributed by atoms with Crippen LogP contribution in [0.3, 0.4) is 0 Å². The topological polar surface area (TPSA) is 51.1 Å². The van der Waals surface area contributed by atoms with Gasteiger partial charge in [-0.1, -0.05) is 26.0 Å². The number of hydrogen-bond acceptors (Lipinski definition) is 7. The Labute approximate surface area is 174 Å². The number of anilines is 1. The molecule has 1 aliphatic heterocycles. The van der Waals surface area contributed by atoms with Crippen LogP contribution in [-0.4, -0.2) is 34.5 Å². The van der Waals surface area contributed by atoms with E-state index in [1.807, 2.05) is 18.2 Å². The highest BCUT2D eigenvalue weighted by atomic mass is 32.1. The maximum absolute atomic E-state index is 5.49. The van der Waals surface area contributed by atoms with Gasteiger partial charge in [0.2, 0.25) is 5.13 Å². The third-order valence-corrected chi connectivity index (χ3v) is 6.89. The van der Waals surface area contributed by atoms with Gasteiger partial charge in [0.25, 0.3) is 0 Å². The zero-order chi connectivity index (χ0) is 19.5. The molecule has 0 spiro atoms. The van der Waals surface area contributed by atoms with Crippen molar-refractivity contribution < 1.29 is 4.74 Å². The molecule has 0 N–H and O–H groups in total. The van der Waals surface area contributed by atoms with Crippen molar-refractivity contribution in [1.82, 2.24) is 14.3 Å². The van der Waals surface area contributed by atoms with Crippen LogP contribution >= 0.6 is 22.9 Å². The molecule has 0 bridgehead atoms. The molecule has 1 fully saturated rings. The van der Waals surface area contributed by atoms with Crippen LogP contribution in [-0.2, 0) is 6.42 Å². The van der Waals surface area contributed by atoms with Gasteiger partial charge in [0, 0.05) is 47.9 Å². The van der Waals surface area contributed by atoms with Crippen LogP contribution in [0.4, 0.5) is 5.13 Å². The number of rotatable bonds is 6. The molecule has 5 nitrogen and oxygen atoms in total. The predicted molar refractivity (Wildman–Crippen MR) is 117 cm³/mol. The number of ether oxygens (including phenoxy) is 1. The second-order valence-electron chi connectivity index (χ2n) is 7.62. The highest BCUT2D eigenvalue weighted by Gasteiger charge is 2.25. The summed E-state index contributed by atoms with van der Waals surface area (Å²) in [6.07, 6.45) is 3.17. The van der Waals surface area contributed by atoms with E-state index >= 15 is 0 Å². The molecule has 3 aromatic rings. The van der Waals surface area contributed by atoms with E-state index < -0.39 is 0 Å². The normalized spacial score (nSPS) is 15.4. The molecule has 0 unspecified atom stereocenters. The van der Waals surface area contributed by atoms with E-state index in [0.717, 1.165) is 60.3 Å². The van der Waals surface area contributed by atoms with Crippen molar-refractivity contribution in [2.75, 3.05) is 25.1 Å². The lowest BCUT2D eigenvalue weighted by molar-refractivity contribution is 0.416. The Morgan fingerprint density at radius 3 is 2.71 bits per heavy atom. The molecule has 28 heavy (non-hydrogen) atoms. The van der Waals surface area contributed by atoms with Crippen molar-refractivity contribution in [2.45, 2.75) is 39.0 Å². The van der Waals surface area contributed by atoms with E-state index in [0.29, 0.717) is 11.8 Å². The van der Waals surface area contributed by atoms with Gasteiger partial charge in [0.1, 0.15) is 11.6 Å². The molecule has 0 radical (unpaired) electrons. The maximum Gasteiger partial charge on any atom is 0.205 e. The summed E-state index contributed by atoms with van der Waals surface area (Å²) in [5, 5.41) is 4.46. The number of hydrogen-bond donors (Lipinski definition) is 0. The Hall–Kier alpha value is -1.99. The average Bonchev–Trinajstić information content (AvgIpc) is 3.37. The SMILES string of the molecule is COc1ccccc1-c1csc(C2CCN(c3nc(CC(C)C)ns3)CC2)n1. The zero-order valence-electron chi connectivity index (χ0n) is 16.6. The van der Waals surface area contributed by atoms with E-state index in [9.17, 15) is 0 Å². The molecule has 3 heterocycles. The fourth-order valence-electron chi connectivity index (χ4n) is 3.59. The van der Waals surface area contributed by atoms with Crippen LogP contribution in [0.2, 0.25) is 0 Å². The second-order valence-corrected chi connectivity index (χ2v) is 9.24. The van der Waals surface area contributed by atoms with Crippen LogP contribution in [0, 0.1) is 5.92 Å². The van der Waals surface area contributed by atoms with Crippen molar-refractivity contribution in [1.29, 1.82) is 0 Å². The van der Waals surface area contributed by atoms with Crippen LogP contribution in [0.25, 0.3) is 11.3 Å². The number of methoxy groups -OCH3 is 1. The number of nitrogens with zero attached hydrogens (tertiary/aromatic N) is 4. The number of aromatic nitrogens is 3. The molecule has 0 amide bonds. The summed E-state index contributed by atoms with van der Waals surface area (Å²) in [6, 6.07) is 8.09. The third kappa shape index (κ3) is 4.20. The van der Waals surface area contributed by atoms with Crippen LogP contribution in [0.5, 0.6) is 5.75 Å². The predicted octanol–water partition coefficient (Wildman–Crippen LogP) is 5.25. The van der Waals surface area contributed by atoms with Gasteiger partial charge in [-0.25, -0.2) is 9.97 Å². The molecule has 4 rings (SSSR count). The molecule has 0 saturated carbocycles. The first-order chi connectivity index (χ1) is 13.6. The molecule has 1 aromatic carbocycles. The van der Waals surface area contributed by atoms with E-state index in [1.54, 1.807) is 18.4 Å². The van der Waals surface area contributed by atoms with Crippen molar-refractivity contribution >= 4 is 28.0 Å². The van der Waals surface area contributed by atoms with Gasteiger partial charge in [0.15, 0.2) is 0 Å². The first-order valence-corrected chi connectivity index (χ1v) is 11.5. The monoisotopic (exact) mass is 414 g/mol. The van der Waals surface area contributed by atoms with Gasteiger partial charge in [-0.05, 0) is 30.9 Å². The number of benzene rings is 1. The minimum absolute atomic E-state index is 0.521. The standard InChI is InChI=1S/C21H26N4OS2/c1-14(2)12-19-23-21(28-24-19)25-10-8-15(9-11-25)20-22-17(13-27-20)16-6-4-5-7-18(16)26-3/h4-7,13-15H,8-12H2,1-3H3. The highest BCUT2D eigenvalue weighted by Crippen LogP contribution is 2.36. The van der Waals surface area contributed by atoms with Gasteiger partial charge in [-0.2, -0.15) is 4.37 Å². The van der Waals surface area contributed by atoms with Crippen molar-refractivity contribution in [3.05, 3.63) is 40.5 Å². The summed E-state index contributed by atoms with van der Waals surface area (Å²) in [7, 11) is 1.71. The first-order valence-electron chi connectivity index (χ1n) is 9.80. The van der Waals surface area contributed by atoms with Gasteiger partial charge >= 0.3 is 0 Å². The lowest BCUT2D eigenvalue weighted by atomic mass is 9.98. The van der Waals surface area contributed by atoms with Gasteiger partial charge in [0.05, 0.1) is 17.8 Å². The average molecular weight is 415 g/mol. The Morgan fingerprint density at radius 1 is 1.18 bits per heavy atom. The molecule has 1 saturated heterocycles. The van der Waals surface area contributed by atoms with E-state index in [4.69, 9.17) is 14.7 Å². The molecular formula is C21H26N4OS2. The second kappa shape index (κ2) is 8.57. The summed E-state index contributed by atoms with van der Waals surface area (Å²) < 4.78 is 10.0. The Kier molecular flexibility index (Phi) is 5.92.